The van der Waals surface area contributed by atoms with Crippen molar-refractivity contribution in [1.29, 1.82) is 0 Å². The van der Waals surface area contributed by atoms with Crippen LogP contribution in [0.4, 0.5) is 4.39 Å². The molecule has 1 saturated heterocycles. The highest BCUT2D eigenvalue weighted by Crippen LogP contribution is 2.26. The first-order valence-corrected chi connectivity index (χ1v) is 11.7. The van der Waals surface area contributed by atoms with E-state index in [1.165, 1.54) is 27.8 Å². The average Bonchev–Trinajstić information content (AvgIpc) is 3.29. The maximum absolute atomic E-state index is 13.1. The molecule has 188 valence electrons. The molecule has 4 rings (SSSR count). The van der Waals surface area contributed by atoms with Crippen LogP contribution in [0.3, 0.4) is 0 Å². The standard InChI is InChI=1S/C24H31FN6O4/c1-24(23(34)27-15-17-4-6-18(25)7-5-17)16-31-20(22(33)29(24)2)14-19(28-31)21(32)26-8-3-9-30-10-12-35-13-11-30/h4-7,14H,3,8-13,15-16H2,1-2H3,(H,26,32)(H,27,34). The molecule has 1 aromatic heterocycles. The summed E-state index contributed by atoms with van der Waals surface area (Å²) in [6.45, 7) is 6.58. The van der Waals surface area contributed by atoms with Crippen LogP contribution >= 0.6 is 0 Å². The Morgan fingerprint density at radius 2 is 1.89 bits per heavy atom. The lowest BCUT2D eigenvalue weighted by Crippen LogP contribution is -2.62. The number of benzene rings is 1. The summed E-state index contributed by atoms with van der Waals surface area (Å²) in [7, 11) is 1.56. The number of hydrogen-bond acceptors (Lipinski definition) is 6. The van der Waals surface area contributed by atoms with Crippen molar-refractivity contribution in [1.82, 2.24) is 30.2 Å². The quantitative estimate of drug-likeness (QED) is 0.530. The smallest absolute Gasteiger partial charge is 0.272 e. The molecule has 1 aromatic carbocycles. The third-order valence-electron chi connectivity index (χ3n) is 6.63. The first-order chi connectivity index (χ1) is 16.8. The molecule has 0 bridgehead atoms. The van der Waals surface area contributed by atoms with E-state index in [2.05, 4.69) is 20.6 Å². The summed E-state index contributed by atoms with van der Waals surface area (Å²) < 4.78 is 19.9. The monoisotopic (exact) mass is 486 g/mol. The molecule has 2 aliphatic heterocycles. The molecule has 35 heavy (non-hydrogen) atoms. The van der Waals surface area contributed by atoms with E-state index in [-0.39, 0.29) is 42.1 Å². The number of amides is 3. The molecule has 3 amide bonds. The van der Waals surface area contributed by atoms with E-state index in [1.54, 1.807) is 26.1 Å². The molecule has 1 fully saturated rings. The van der Waals surface area contributed by atoms with Crippen LogP contribution in [0.15, 0.2) is 30.3 Å². The number of ether oxygens (including phenoxy) is 1. The normalized spacial score (nSPS) is 20.4. The molecule has 0 radical (unpaired) electrons. The van der Waals surface area contributed by atoms with Crippen molar-refractivity contribution >= 4 is 17.7 Å². The van der Waals surface area contributed by atoms with Gasteiger partial charge in [0.05, 0.1) is 19.8 Å². The van der Waals surface area contributed by atoms with Crippen molar-refractivity contribution in [3.63, 3.8) is 0 Å². The lowest BCUT2D eigenvalue weighted by molar-refractivity contribution is -0.132. The van der Waals surface area contributed by atoms with Gasteiger partial charge in [-0.2, -0.15) is 5.10 Å². The fraction of sp³-hybridized carbons (Fsp3) is 0.500. The van der Waals surface area contributed by atoms with Crippen molar-refractivity contribution in [3.8, 4) is 0 Å². The van der Waals surface area contributed by atoms with Gasteiger partial charge in [0.2, 0.25) is 5.91 Å². The molecule has 0 spiro atoms. The number of aromatic nitrogens is 2. The molecular formula is C24H31FN6O4. The lowest BCUT2D eigenvalue weighted by atomic mass is 9.96. The molecular weight excluding hydrogens is 455 g/mol. The van der Waals surface area contributed by atoms with E-state index < -0.39 is 11.4 Å². The summed E-state index contributed by atoms with van der Waals surface area (Å²) in [5, 5.41) is 9.99. The molecule has 0 aliphatic carbocycles. The topological polar surface area (TPSA) is 109 Å². The van der Waals surface area contributed by atoms with Crippen molar-refractivity contribution in [3.05, 3.63) is 53.1 Å². The van der Waals surface area contributed by atoms with Gasteiger partial charge in [-0.25, -0.2) is 4.39 Å². The SMILES string of the molecule is CN1C(=O)c2cc(C(=O)NCCCN3CCOCC3)nn2CC1(C)C(=O)NCc1ccc(F)cc1. The molecule has 2 N–H and O–H groups in total. The number of morpholine rings is 1. The summed E-state index contributed by atoms with van der Waals surface area (Å²) in [4.78, 5) is 42.4. The second-order valence-electron chi connectivity index (χ2n) is 9.08. The predicted molar refractivity (Wildman–Crippen MR) is 125 cm³/mol. The summed E-state index contributed by atoms with van der Waals surface area (Å²) >= 11 is 0. The minimum Gasteiger partial charge on any atom is -0.379 e. The summed E-state index contributed by atoms with van der Waals surface area (Å²) in [6.07, 6.45) is 0.799. The van der Waals surface area contributed by atoms with Crippen molar-refractivity contribution in [2.45, 2.75) is 32.0 Å². The molecule has 1 atom stereocenters. The number of carbonyl (C=O) groups is 3. The van der Waals surface area contributed by atoms with Crippen molar-refractivity contribution in [2.24, 2.45) is 0 Å². The van der Waals surface area contributed by atoms with Gasteiger partial charge >= 0.3 is 0 Å². The zero-order valence-corrected chi connectivity index (χ0v) is 20.1. The van der Waals surface area contributed by atoms with Crippen LogP contribution in [0.5, 0.6) is 0 Å². The molecule has 3 heterocycles. The number of likely N-dealkylation sites (N-methyl/N-ethyl adjacent to an activating group) is 1. The average molecular weight is 487 g/mol. The van der Waals surface area contributed by atoms with Crippen LogP contribution < -0.4 is 10.6 Å². The minimum absolute atomic E-state index is 0.101. The van der Waals surface area contributed by atoms with Gasteiger partial charge in [0.1, 0.15) is 17.1 Å². The Hall–Kier alpha value is -3.31. The zero-order valence-electron chi connectivity index (χ0n) is 20.1. The first kappa shape index (κ1) is 24.8. The fourth-order valence-corrected chi connectivity index (χ4v) is 4.23. The van der Waals surface area contributed by atoms with Crippen LogP contribution in [0, 0.1) is 5.82 Å². The summed E-state index contributed by atoms with van der Waals surface area (Å²) in [5.41, 5.74) is -0.0680. The van der Waals surface area contributed by atoms with Crippen LogP contribution in [-0.4, -0.2) is 89.3 Å². The van der Waals surface area contributed by atoms with Gasteiger partial charge in [-0.15, -0.1) is 0 Å². The van der Waals surface area contributed by atoms with E-state index in [0.717, 1.165) is 44.8 Å². The molecule has 10 nitrogen and oxygen atoms in total. The van der Waals surface area contributed by atoms with E-state index in [9.17, 15) is 18.8 Å². The van der Waals surface area contributed by atoms with Crippen LogP contribution in [0.2, 0.25) is 0 Å². The Balaban J connectivity index is 1.36. The van der Waals surface area contributed by atoms with Crippen LogP contribution in [0.1, 0.15) is 39.9 Å². The van der Waals surface area contributed by atoms with E-state index >= 15 is 0 Å². The molecule has 11 heteroatoms. The van der Waals surface area contributed by atoms with Gasteiger partial charge in [-0.05, 0) is 37.6 Å². The third-order valence-corrected chi connectivity index (χ3v) is 6.63. The van der Waals surface area contributed by atoms with E-state index in [1.807, 2.05) is 0 Å². The third kappa shape index (κ3) is 5.51. The Bertz CT molecular complexity index is 1080. The van der Waals surface area contributed by atoms with Gasteiger partial charge in [-0.1, -0.05) is 12.1 Å². The Morgan fingerprint density at radius 1 is 1.17 bits per heavy atom. The lowest BCUT2D eigenvalue weighted by Gasteiger charge is -2.40. The molecule has 1 unspecified atom stereocenters. The predicted octanol–water partition coefficient (Wildman–Crippen LogP) is 0.635. The molecule has 0 saturated carbocycles. The largest absolute Gasteiger partial charge is 0.379 e. The highest BCUT2D eigenvalue weighted by Gasteiger charge is 2.46. The fourth-order valence-electron chi connectivity index (χ4n) is 4.23. The van der Waals surface area contributed by atoms with Crippen molar-refractivity contribution < 1.29 is 23.5 Å². The first-order valence-electron chi connectivity index (χ1n) is 11.7. The summed E-state index contributed by atoms with van der Waals surface area (Å²) in [6, 6.07) is 7.29. The number of nitrogens with one attached hydrogen (secondary N) is 2. The van der Waals surface area contributed by atoms with Gasteiger partial charge in [0.25, 0.3) is 11.8 Å². The Morgan fingerprint density at radius 3 is 2.60 bits per heavy atom. The van der Waals surface area contributed by atoms with Gasteiger partial charge in [0.15, 0.2) is 5.69 Å². The number of nitrogens with zero attached hydrogens (tertiary/aromatic N) is 4. The summed E-state index contributed by atoms with van der Waals surface area (Å²) in [5.74, 6) is -1.47. The van der Waals surface area contributed by atoms with Gasteiger partial charge < -0.3 is 20.3 Å². The van der Waals surface area contributed by atoms with Gasteiger partial charge in [0, 0.05) is 39.3 Å². The second-order valence-corrected chi connectivity index (χ2v) is 9.08. The number of hydrogen-bond donors (Lipinski definition) is 2. The highest BCUT2D eigenvalue weighted by atomic mass is 19.1. The zero-order chi connectivity index (χ0) is 25.0. The van der Waals surface area contributed by atoms with Crippen molar-refractivity contribution in [2.75, 3.05) is 46.4 Å². The molecule has 2 aromatic rings. The van der Waals surface area contributed by atoms with Crippen LogP contribution in [-0.2, 0) is 22.6 Å². The molecule has 2 aliphatic rings. The maximum atomic E-state index is 13.1. The van der Waals surface area contributed by atoms with Crippen LogP contribution in [0.25, 0.3) is 0 Å². The van der Waals surface area contributed by atoms with E-state index in [4.69, 9.17) is 4.74 Å². The Kier molecular flexibility index (Phi) is 7.46. The minimum atomic E-state index is -1.21. The number of carbonyl (C=O) groups excluding carboxylic acids is 3. The highest BCUT2D eigenvalue weighted by molar-refractivity contribution is 6.01. The Labute approximate surface area is 203 Å². The number of fused-ring (bicyclic) bond motifs is 1. The van der Waals surface area contributed by atoms with Gasteiger partial charge in [-0.3, -0.25) is 24.0 Å². The second kappa shape index (κ2) is 10.5. The maximum Gasteiger partial charge on any atom is 0.272 e. The van der Waals surface area contributed by atoms with E-state index in [0.29, 0.717) is 6.54 Å². The number of rotatable bonds is 8. The number of halogens is 1.